The Morgan fingerprint density at radius 3 is 1.36 bits per heavy atom. The number of carbonyl (C=O) groups is 3. The average molecular weight is 1080 g/mol. The number of hydrogen-bond acceptors (Lipinski definition) is 9. The summed E-state index contributed by atoms with van der Waals surface area (Å²) in [5.41, 5.74) is -0.877. The van der Waals surface area contributed by atoms with Crippen molar-refractivity contribution in [3.8, 4) is 0 Å². The van der Waals surface area contributed by atoms with Gasteiger partial charge >= 0.3 is 18.2 Å². The maximum atomic E-state index is 13.4. The van der Waals surface area contributed by atoms with Crippen molar-refractivity contribution >= 4 is 60.7 Å². The van der Waals surface area contributed by atoms with Crippen LogP contribution >= 0.6 is 0 Å². The number of benzene rings is 5. The number of esters is 1. The molecule has 2 unspecified atom stereocenters. The van der Waals surface area contributed by atoms with E-state index in [4.69, 9.17) is 15.6 Å². The van der Waals surface area contributed by atoms with Crippen molar-refractivity contribution < 1.29 is 40.0 Å². The Hall–Kier alpha value is -6.10. The molecule has 4 atom stereocenters. The van der Waals surface area contributed by atoms with Crippen LogP contribution in [-0.4, -0.2) is 103 Å². The summed E-state index contributed by atoms with van der Waals surface area (Å²) in [7, 11) is -4.44. The van der Waals surface area contributed by atoms with E-state index in [9.17, 15) is 29.6 Å². The van der Waals surface area contributed by atoms with E-state index >= 15 is 0 Å². The molecule has 0 aromatic heterocycles. The van der Waals surface area contributed by atoms with Crippen LogP contribution in [0.15, 0.2) is 146 Å². The number of nitro groups is 1. The number of nitro benzene ring substituents is 1. The molecule has 0 spiro atoms. The van der Waals surface area contributed by atoms with Crippen LogP contribution in [-0.2, 0) is 14.2 Å². The molecule has 412 valence electrons. The minimum absolute atomic E-state index is 0. The first-order chi connectivity index (χ1) is 36.1. The highest BCUT2D eigenvalue weighted by atomic mass is 28.3. The number of nitrogens with zero attached hydrogens (tertiary/aromatic N) is 3. The molecule has 5 aromatic rings. The summed E-state index contributed by atoms with van der Waals surface area (Å²) in [4.78, 5) is 53.1. The summed E-state index contributed by atoms with van der Waals surface area (Å²) >= 11 is 0. The third-order valence-corrected chi connectivity index (χ3v) is 23.2. The lowest BCUT2D eigenvalue weighted by atomic mass is 10.1. The van der Waals surface area contributed by atoms with Gasteiger partial charge in [-0.05, 0) is 117 Å². The number of ether oxygens (including phenoxy) is 3. The van der Waals surface area contributed by atoms with E-state index in [2.05, 4.69) is 85.9 Å². The molecule has 0 radical (unpaired) electrons. The predicted molar refractivity (Wildman–Crippen MR) is 314 cm³/mol. The first kappa shape index (κ1) is 60.8. The van der Waals surface area contributed by atoms with E-state index in [1.165, 1.54) is 45.0 Å². The molecule has 2 amide bonds. The van der Waals surface area contributed by atoms with Crippen molar-refractivity contribution in [2.75, 3.05) is 13.1 Å². The van der Waals surface area contributed by atoms with E-state index in [0.717, 1.165) is 44.7 Å². The topological polar surface area (TPSA) is 149 Å². The summed E-state index contributed by atoms with van der Waals surface area (Å²) in [6.45, 7) is 19.6. The highest BCUT2D eigenvalue weighted by Gasteiger charge is 2.39. The van der Waals surface area contributed by atoms with Gasteiger partial charge in [-0.2, -0.15) is 0 Å². The molecular weight excluding hydrogens is 987 g/mol. The zero-order chi connectivity index (χ0) is 55.5. The van der Waals surface area contributed by atoms with Gasteiger partial charge in [0.1, 0.15) is 33.5 Å². The molecule has 0 saturated carbocycles. The zero-order valence-electron chi connectivity index (χ0n) is 46.9. The average Bonchev–Trinajstić information content (AvgIpc) is 4.08. The van der Waals surface area contributed by atoms with Gasteiger partial charge in [0, 0.05) is 38.7 Å². The number of non-ortho nitro benzene ring substituents is 1. The highest BCUT2D eigenvalue weighted by molar-refractivity contribution is 7.02. The molecule has 76 heavy (non-hydrogen) atoms. The standard InChI is InChI=1S/C33H40N2O6Si.C26H37NO3Si.C2H6.CH4/c1-33(2,3)41-32(37)34-23-11-12-26(34)21-22-28(40-31(36)25-17-19-27(20-18-25)35(38)39)24-42(4,29-13-7-5-8-14-29)30-15-9-6-10-16-30;1-26(2,3)30-25(29)27-19-11-12-21(27)17-18-22(28)20-31(4,23-13-7-5-8-14-23)24-15-9-6-10-16-24;1-2;/h5-10,13-20,26,28H,11-12,21-24H2,1-4H3;5-10,13-16,21-22,28H,11-12,17-20H2,1-4H3;1-2H3;1H4/t26-,28?;21-,22?;;/m00../s1/i;;1D;. The fourth-order valence-corrected chi connectivity index (χ4v) is 18.0. The second-order valence-corrected chi connectivity index (χ2v) is 30.6. The van der Waals surface area contributed by atoms with Crippen LogP contribution in [0.3, 0.4) is 0 Å². The molecule has 2 aliphatic rings. The molecule has 14 heteroatoms. The van der Waals surface area contributed by atoms with Gasteiger partial charge < -0.3 is 29.1 Å². The molecule has 7 rings (SSSR count). The Kier molecular flexibility index (Phi) is 23.1. The maximum absolute atomic E-state index is 13.4. The van der Waals surface area contributed by atoms with E-state index in [1.54, 1.807) is 6.92 Å². The predicted octanol–water partition coefficient (Wildman–Crippen LogP) is 12.3. The first-order valence-corrected chi connectivity index (χ1v) is 32.1. The van der Waals surface area contributed by atoms with E-state index in [1.807, 2.05) is 99.9 Å². The minimum atomic E-state index is -2.38. The Labute approximate surface area is 457 Å². The number of carbonyl (C=O) groups excluding carboxylic acids is 3. The Balaban J connectivity index is 0.000000325. The summed E-state index contributed by atoms with van der Waals surface area (Å²) in [6.07, 6.45) is 5.17. The number of aliphatic hydroxyl groups is 1. The van der Waals surface area contributed by atoms with Gasteiger partial charge in [0.2, 0.25) is 0 Å². The molecule has 5 aromatic carbocycles. The Morgan fingerprint density at radius 1 is 0.645 bits per heavy atom. The van der Waals surface area contributed by atoms with Gasteiger partial charge in [-0.25, -0.2) is 14.4 Å². The highest BCUT2D eigenvalue weighted by Crippen LogP contribution is 2.29. The van der Waals surface area contributed by atoms with Gasteiger partial charge in [-0.15, -0.1) is 0 Å². The van der Waals surface area contributed by atoms with E-state index in [-0.39, 0.29) is 42.9 Å². The van der Waals surface area contributed by atoms with Crippen LogP contribution < -0.4 is 20.7 Å². The number of aliphatic hydroxyl groups excluding tert-OH is 1. The van der Waals surface area contributed by atoms with Gasteiger partial charge in [0.15, 0.2) is 0 Å². The lowest BCUT2D eigenvalue weighted by Crippen LogP contribution is -2.57. The largest absolute Gasteiger partial charge is 0.459 e. The van der Waals surface area contributed by atoms with Crippen molar-refractivity contribution in [3.05, 3.63) is 161 Å². The number of likely N-dealkylation sites (tertiary alicyclic amines) is 2. The SMILES string of the molecule is C.CC(C)(C)OC(=O)N1CCC[C@H]1CCC(C[Si](C)(c1ccccc1)c1ccccc1)OC(=O)c1ccc([N+](=O)[O-])cc1.CC(C)(C)OC(=O)N1CCC[C@H]1CCC(O)C[Si](C)(c1ccccc1)c1ccccc1.[2H]CC. The molecule has 12 nitrogen and oxygen atoms in total. The lowest BCUT2D eigenvalue weighted by Gasteiger charge is -2.34. The van der Waals surface area contributed by atoms with Crippen molar-refractivity contribution in [2.45, 2.75) is 175 Å². The smallest absolute Gasteiger partial charge is 0.410 e. The molecular formula is C62H87N3O9Si2. The zero-order valence-corrected chi connectivity index (χ0v) is 47.9. The van der Waals surface area contributed by atoms with Crippen molar-refractivity contribution in [1.82, 2.24) is 9.80 Å². The Bertz CT molecular complexity index is 2490. The second kappa shape index (κ2) is 28.9. The summed E-state index contributed by atoms with van der Waals surface area (Å²) < 4.78 is 23.7. The lowest BCUT2D eigenvalue weighted by molar-refractivity contribution is -0.384. The van der Waals surface area contributed by atoms with Crippen molar-refractivity contribution in [1.29, 1.82) is 0 Å². The van der Waals surface area contributed by atoms with Gasteiger partial charge in [0.05, 0.1) is 16.6 Å². The fourth-order valence-electron chi connectivity index (χ4n) is 10.4. The molecule has 2 heterocycles. The van der Waals surface area contributed by atoms with Gasteiger partial charge in [-0.1, -0.05) is 176 Å². The van der Waals surface area contributed by atoms with Crippen molar-refractivity contribution in [2.24, 2.45) is 0 Å². The third kappa shape index (κ3) is 18.0. The maximum Gasteiger partial charge on any atom is 0.410 e. The van der Waals surface area contributed by atoms with Crippen LogP contribution in [0.4, 0.5) is 15.3 Å². The summed E-state index contributed by atoms with van der Waals surface area (Å²) in [6, 6.07) is 49.1. The van der Waals surface area contributed by atoms with Crippen molar-refractivity contribution in [3.63, 3.8) is 0 Å². The molecule has 1 N–H and O–H groups in total. The normalized spacial score (nSPS) is 16.5. The summed E-state index contributed by atoms with van der Waals surface area (Å²) in [5, 5.41) is 27.4. The van der Waals surface area contributed by atoms with Crippen LogP contribution in [0.1, 0.15) is 126 Å². The molecule has 2 aliphatic heterocycles. The minimum Gasteiger partial charge on any atom is -0.459 e. The molecule has 2 saturated heterocycles. The van der Waals surface area contributed by atoms with E-state index < -0.39 is 50.5 Å². The monoisotopic (exact) mass is 1070 g/mol. The summed E-state index contributed by atoms with van der Waals surface area (Å²) in [5.74, 6) is -0.511. The van der Waals surface area contributed by atoms with Crippen LogP contribution in [0.2, 0.25) is 25.2 Å². The number of hydrogen-bond donors (Lipinski definition) is 1. The van der Waals surface area contributed by atoms with Crippen LogP contribution in [0, 0.1) is 10.1 Å². The van der Waals surface area contributed by atoms with Gasteiger partial charge in [-0.3, -0.25) is 10.1 Å². The Morgan fingerprint density at radius 2 is 1.00 bits per heavy atom. The second-order valence-electron chi connectivity index (χ2n) is 22.1. The number of rotatable bonds is 17. The fraction of sp³-hybridized carbons (Fsp3) is 0.468. The quantitative estimate of drug-likeness (QED) is 0.0316. The van der Waals surface area contributed by atoms with Gasteiger partial charge in [0.25, 0.3) is 5.69 Å². The third-order valence-electron chi connectivity index (χ3n) is 14.2. The van der Waals surface area contributed by atoms with E-state index in [0.29, 0.717) is 38.8 Å². The first-order valence-electron chi connectivity index (χ1n) is 27.4. The van der Waals surface area contributed by atoms with Crippen LogP contribution in [0.5, 0.6) is 0 Å². The van der Waals surface area contributed by atoms with Crippen LogP contribution in [0.25, 0.3) is 0 Å². The molecule has 0 aliphatic carbocycles. The molecule has 0 bridgehead atoms. The molecule has 2 fully saturated rings. The number of amides is 2.